The van der Waals surface area contributed by atoms with Gasteiger partial charge in [-0.2, -0.15) is 0 Å². The van der Waals surface area contributed by atoms with E-state index in [1.165, 1.54) is 20.0 Å². The van der Waals surface area contributed by atoms with Gasteiger partial charge in [-0.1, -0.05) is 0 Å². The average Bonchev–Trinajstić information content (AvgIpc) is 3.00. The van der Waals surface area contributed by atoms with Crippen molar-refractivity contribution in [2.45, 2.75) is 25.0 Å². The molecule has 0 radical (unpaired) electrons. The topological polar surface area (TPSA) is 63.7 Å². The average molecular weight is 291 g/mol. The van der Waals surface area contributed by atoms with Crippen LogP contribution in [0.25, 0.3) is 0 Å². The molecule has 0 saturated carbocycles. The molecule has 0 aromatic carbocycles. The number of morpholine rings is 1. The van der Waals surface area contributed by atoms with E-state index in [1.807, 2.05) is 0 Å². The fourth-order valence-corrected chi connectivity index (χ4v) is 3.04. The molecule has 0 spiro atoms. The van der Waals surface area contributed by atoms with Crippen LogP contribution < -0.4 is 10.1 Å². The summed E-state index contributed by atoms with van der Waals surface area (Å²) < 4.78 is 10.9. The fraction of sp³-hybridized carbons (Fsp3) is 0.600. The molecule has 21 heavy (non-hydrogen) atoms. The minimum atomic E-state index is -0.174. The van der Waals surface area contributed by atoms with E-state index >= 15 is 0 Å². The van der Waals surface area contributed by atoms with E-state index in [9.17, 15) is 4.79 Å². The molecule has 2 saturated heterocycles. The van der Waals surface area contributed by atoms with Gasteiger partial charge in [0.05, 0.1) is 19.8 Å². The molecule has 2 fully saturated rings. The highest BCUT2D eigenvalue weighted by Gasteiger charge is 2.32. The van der Waals surface area contributed by atoms with Gasteiger partial charge >= 0.3 is 0 Å². The van der Waals surface area contributed by atoms with Crippen LogP contribution >= 0.6 is 0 Å². The van der Waals surface area contributed by atoms with Crippen LogP contribution in [0, 0.1) is 0 Å². The first-order chi connectivity index (χ1) is 10.3. The normalized spacial score (nSPS) is 25.4. The maximum Gasteiger partial charge on any atom is 0.256 e. The zero-order valence-electron chi connectivity index (χ0n) is 12.2. The van der Waals surface area contributed by atoms with Gasteiger partial charge in [-0.3, -0.25) is 9.69 Å². The molecule has 1 aromatic heterocycles. The summed E-state index contributed by atoms with van der Waals surface area (Å²) in [7, 11) is 1.51. The van der Waals surface area contributed by atoms with E-state index in [1.54, 1.807) is 18.3 Å². The van der Waals surface area contributed by atoms with E-state index in [2.05, 4.69) is 15.2 Å². The van der Waals surface area contributed by atoms with Gasteiger partial charge in [-0.15, -0.1) is 0 Å². The van der Waals surface area contributed by atoms with Crippen molar-refractivity contribution in [1.29, 1.82) is 0 Å². The van der Waals surface area contributed by atoms with Crippen LogP contribution in [0.2, 0.25) is 0 Å². The third kappa shape index (κ3) is 3.16. The lowest BCUT2D eigenvalue weighted by Crippen LogP contribution is -2.50. The van der Waals surface area contributed by atoms with Gasteiger partial charge in [-0.05, 0) is 31.5 Å². The molecule has 0 aliphatic carbocycles. The van der Waals surface area contributed by atoms with Crippen LogP contribution in [0.1, 0.15) is 23.2 Å². The number of nitrogens with zero attached hydrogens (tertiary/aromatic N) is 2. The van der Waals surface area contributed by atoms with Crippen molar-refractivity contribution in [3.05, 3.63) is 23.9 Å². The van der Waals surface area contributed by atoms with E-state index in [0.29, 0.717) is 24.0 Å². The molecular weight excluding hydrogens is 270 g/mol. The smallest absolute Gasteiger partial charge is 0.256 e. The Hall–Kier alpha value is -1.66. The van der Waals surface area contributed by atoms with E-state index in [-0.39, 0.29) is 12.0 Å². The maximum absolute atomic E-state index is 12.2. The van der Waals surface area contributed by atoms with Gasteiger partial charge in [-0.25, -0.2) is 4.98 Å². The molecular formula is C15H21N3O3. The van der Waals surface area contributed by atoms with E-state index in [0.717, 1.165) is 19.7 Å². The molecule has 2 aliphatic heterocycles. The third-order valence-electron chi connectivity index (χ3n) is 4.16. The Morgan fingerprint density at radius 2 is 2.52 bits per heavy atom. The summed E-state index contributed by atoms with van der Waals surface area (Å²) in [6, 6.07) is 4.01. The second kappa shape index (κ2) is 6.41. The summed E-state index contributed by atoms with van der Waals surface area (Å²) >= 11 is 0. The molecule has 1 amide bonds. The van der Waals surface area contributed by atoms with Crippen molar-refractivity contribution in [3.63, 3.8) is 0 Å². The van der Waals surface area contributed by atoms with Gasteiger partial charge < -0.3 is 14.8 Å². The molecule has 2 aliphatic rings. The number of hydrogen-bond acceptors (Lipinski definition) is 5. The Morgan fingerprint density at radius 3 is 3.38 bits per heavy atom. The highest BCUT2D eigenvalue weighted by atomic mass is 16.5. The van der Waals surface area contributed by atoms with Crippen LogP contribution in [0.4, 0.5) is 0 Å². The van der Waals surface area contributed by atoms with Crippen molar-refractivity contribution in [3.8, 4) is 5.88 Å². The highest BCUT2D eigenvalue weighted by Crippen LogP contribution is 2.22. The minimum Gasteiger partial charge on any atom is -0.480 e. The minimum absolute atomic E-state index is 0.0611. The molecule has 1 aromatic rings. The molecule has 2 unspecified atom stereocenters. The van der Waals surface area contributed by atoms with Crippen molar-refractivity contribution >= 4 is 5.91 Å². The van der Waals surface area contributed by atoms with Gasteiger partial charge in [0.2, 0.25) is 5.88 Å². The quantitative estimate of drug-likeness (QED) is 0.884. The predicted molar refractivity (Wildman–Crippen MR) is 77.5 cm³/mol. The van der Waals surface area contributed by atoms with Crippen molar-refractivity contribution in [1.82, 2.24) is 15.2 Å². The van der Waals surface area contributed by atoms with Crippen LogP contribution in [0.3, 0.4) is 0 Å². The summed E-state index contributed by atoms with van der Waals surface area (Å²) in [5, 5.41) is 2.91. The van der Waals surface area contributed by atoms with Gasteiger partial charge in [0.25, 0.3) is 5.91 Å². The van der Waals surface area contributed by atoms with Gasteiger partial charge in [0.1, 0.15) is 5.56 Å². The number of nitrogens with one attached hydrogen (secondary N) is 1. The number of carbonyl (C=O) groups excluding carboxylic acids is 1. The lowest BCUT2D eigenvalue weighted by molar-refractivity contribution is -0.0461. The molecule has 3 rings (SSSR count). The first kappa shape index (κ1) is 14.3. The number of methoxy groups -OCH3 is 1. The first-order valence-electron chi connectivity index (χ1n) is 7.41. The second-order valence-electron chi connectivity index (χ2n) is 5.52. The number of fused-ring (bicyclic) bond motifs is 1. The number of rotatable bonds is 4. The molecule has 114 valence electrons. The van der Waals surface area contributed by atoms with Crippen LogP contribution in [0.5, 0.6) is 5.88 Å². The number of aromatic nitrogens is 1. The summed E-state index contributed by atoms with van der Waals surface area (Å²) in [5.41, 5.74) is 0.454. The number of amides is 1. The first-order valence-corrected chi connectivity index (χ1v) is 7.41. The van der Waals surface area contributed by atoms with E-state index < -0.39 is 0 Å². The van der Waals surface area contributed by atoms with Gasteiger partial charge in [0, 0.05) is 25.3 Å². The number of hydrogen-bond donors (Lipinski definition) is 1. The standard InChI is InChI=1S/C15H21N3O3/c1-20-15-13(5-2-6-16-15)14(19)17-8-12-9-18-7-3-4-11(18)10-21-12/h2,5-6,11-12H,3-4,7-10H2,1H3,(H,17,19). The summed E-state index contributed by atoms with van der Waals surface area (Å²) in [5.74, 6) is 0.172. The van der Waals surface area contributed by atoms with Gasteiger partial charge in [0.15, 0.2) is 0 Å². The fourth-order valence-electron chi connectivity index (χ4n) is 3.04. The monoisotopic (exact) mass is 291 g/mol. The Balaban J connectivity index is 1.54. The molecule has 2 atom stereocenters. The highest BCUT2D eigenvalue weighted by molar-refractivity contribution is 5.96. The Kier molecular flexibility index (Phi) is 4.36. The second-order valence-corrected chi connectivity index (χ2v) is 5.52. The Labute approximate surface area is 124 Å². The van der Waals surface area contributed by atoms with Crippen LogP contribution in [0.15, 0.2) is 18.3 Å². The molecule has 3 heterocycles. The predicted octanol–water partition coefficient (Wildman–Crippen LogP) is 0.683. The third-order valence-corrected chi connectivity index (χ3v) is 4.16. The summed E-state index contributed by atoms with van der Waals surface area (Å²) in [6.07, 6.45) is 4.14. The molecule has 6 nitrogen and oxygen atoms in total. The lowest BCUT2D eigenvalue weighted by Gasteiger charge is -2.35. The maximum atomic E-state index is 12.2. The zero-order chi connectivity index (χ0) is 14.7. The lowest BCUT2D eigenvalue weighted by atomic mass is 10.2. The molecule has 1 N–H and O–H groups in total. The van der Waals surface area contributed by atoms with E-state index in [4.69, 9.17) is 9.47 Å². The van der Waals surface area contributed by atoms with Crippen LogP contribution in [-0.4, -0.2) is 61.3 Å². The number of pyridine rings is 1. The summed E-state index contributed by atoms with van der Waals surface area (Å²) in [6.45, 7) is 3.33. The molecule has 0 bridgehead atoms. The molecule has 6 heteroatoms. The Bertz CT molecular complexity index is 509. The van der Waals surface area contributed by atoms with Crippen molar-refractivity contribution < 1.29 is 14.3 Å². The number of ether oxygens (including phenoxy) is 2. The van der Waals surface area contributed by atoms with Crippen LogP contribution in [-0.2, 0) is 4.74 Å². The number of carbonyl (C=O) groups is 1. The zero-order valence-corrected chi connectivity index (χ0v) is 12.2. The largest absolute Gasteiger partial charge is 0.480 e. The summed E-state index contributed by atoms with van der Waals surface area (Å²) in [4.78, 5) is 18.7. The van der Waals surface area contributed by atoms with Crippen molar-refractivity contribution in [2.75, 3.05) is 33.4 Å². The van der Waals surface area contributed by atoms with Crippen molar-refractivity contribution in [2.24, 2.45) is 0 Å². The Morgan fingerprint density at radius 1 is 1.62 bits per heavy atom. The SMILES string of the molecule is COc1ncccc1C(=O)NCC1CN2CCCC2CO1.